The Hall–Kier alpha value is -1.40. The standard InChI is InChI=1S/C14H18N2O2S2/c1-9-5-6-12(20(4,17)18)7-13(9)16-11(3)14-10(2)15-8-19-14/h5-8,11,16H,1-4H3. The Labute approximate surface area is 123 Å². The van der Waals surface area contributed by atoms with Gasteiger partial charge in [0.15, 0.2) is 9.84 Å². The molecule has 1 N–H and O–H groups in total. The summed E-state index contributed by atoms with van der Waals surface area (Å²) < 4.78 is 23.3. The van der Waals surface area contributed by atoms with E-state index in [4.69, 9.17) is 0 Å². The third-order valence-corrected chi connectivity index (χ3v) is 5.41. The monoisotopic (exact) mass is 310 g/mol. The highest BCUT2D eigenvalue weighted by Gasteiger charge is 2.14. The number of hydrogen-bond acceptors (Lipinski definition) is 5. The molecule has 1 aromatic carbocycles. The molecule has 0 radical (unpaired) electrons. The molecule has 2 rings (SSSR count). The molecule has 0 amide bonds. The van der Waals surface area contributed by atoms with Gasteiger partial charge in [0.2, 0.25) is 0 Å². The van der Waals surface area contributed by atoms with Crippen LogP contribution in [-0.2, 0) is 9.84 Å². The highest BCUT2D eigenvalue weighted by molar-refractivity contribution is 7.90. The molecule has 0 fully saturated rings. The molecule has 0 aliphatic heterocycles. The number of aromatic nitrogens is 1. The van der Waals surface area contributed by atoms with Crippen LogP contribution in [0.1, 0.15) is 29.1 Å². The van der Waals surface area contributed by atoms with Gasteiger partial charge in [-0.1, -0.05) is 6.07 Å². The van der Waals surface area contributed by atoms with Crippen LogP contribution in [0.3, 0.4) is 0 Å². The molecule has 1 unspecified atom stereocenters. The van der Waals surface area contributed by atoms with Crippen LogP contribution in [0.25, 0.3) is 0 Å². The quantitative estimate of drug-likeness (QED) is 0.941. The molecule has 1 heterocycles. The third-order valence-electron chi connectivity index (χ3n) is 3.19. The summed E-state index contributed by atoms with van der Waals surface area (Å²) >= 11 is 1.60. The number of hydrogen-bond donors (Lipinski definition) is 1. The van der Waals surface area contributed by atoms with Crippen LogP contribution in [0, 0.1) is 13.8 Å². The molecule has 0 spiro atoms. The van der Waals surface area contributed by atoms with Crippen LogP contribution < -0.4 is 5.32 Å². The van der Waals surface area contributed by atoms with Crippen LogP contribution in [-0.4, -0.2) is 19.7 Å². The molecule has 20 heavy (non-hydrogen) atoms. The molecular weight excluding hydrogens is 292 g/mol. The van der Waals surface area contributed by atoms with Gasteiger partial charge in [0.25, 0.3) is 0 Å². The molecule has 1 atom stereocenters. The fourth-order valence-corrected chi connectivity index (χ4v) is 3.47. The molecule has 2 aromatic rings. The van der Waals surface area contributed by atoms with Crippen LogP contribution in [0.2, 0.25) is 0 Å². The lowest BCUT2D eigenvalue weighted by atomic mass is 10.1. The maximum absolute atomic E-state index is 11.6. The second kappa shape index (κ2) is 5.54. The summed E-state index contributed by atoms with van der Waals surface area (Å²) in [4.78, 5) is 5.73. The summed E-state index contributed by atoms with van der Waals surface area (Å²) in [7, 11) is -3.19. The van der Waals surface area contributed by atoms with Gasteiger partial charge < -0.3 is 5.32 Å². The van der Waals surface area contributed by atoms with E-state index in [0.717, 1.165) is 21.8 Å². The number of rotatable bonds is 4. The molecular formula is C14H18N2O2S2. The van der Waals surface area contributed by atoms with E-state index in [0.29, 0.717) is 4.90 Å². The van der Waals surface area contributed by atoms with Gasteiger partial charge in [-0.25, -0.2) is 13.4 Å². The van der Waals surface area contributed by atoms with Gasteiger partial charge in [-0.15, -0.1) is 11.3 Å². The Morgan fingerprint density at radius 3 is 2.55 bits per heavy atom. The first kappa shape index (κ1) is 15.0. The largest absolute Gasteiger partial charge is 0.377 e. The first-order valence-corrected chi connectivity index (χ1v) is 9.03. The van der Waals surface area contributed by atoms with E-state index in [2.05, 4.69) is 10.3 Å². The summed E-state index contributed by atoms with van der Waals surface area (Å²) in [5, 5.41) is 3.37. The number of nitrogens with one attached hydrogen (secondary N) is 1. The van der Waals surface area contributed by atoms with Gasteiger partial charge in [-0.05, 0) is 38.5 Å². The van der Waals surface area contributed by atoms with Crippen molar-refractivity contribution in [1.82, 2.24) is 4.98 Å². The van der Waals surface area contributed by atoms with Crippen LogP contribution in [0.4, 0.5) is 5.69 Å². The van der Waals surface area contributed by atoms with Gasteiger partial charge in [0.05, 0.1) is 22.1 Å². The van der Waals surface area contributed by atoms with Gasteiger partial charge in [0, 0.05) is 16.8 Å². The number of nitrogens with zero attached hydrogens (tertiary/aromatic N) is 1. The van der Waals surface area contributed by atoms with Crippen molar-refractivity contribution in [1.29, 1.82) is 0 Å². The van der Waals surface area contributed by atoms with Gasteiger partial charge >= 0.3 is 0 Å². The summed E-state index contributed by atoms with van der Waals surface area (Å²) in [6.07, 6.45) is 1.22. The van der Waals surface area contributed by atoms with E-state index in [9.17, 15) is 8.42 Å². The van der Waals surface area contributed by atoms with Crippen molar-refractivity contribution in [2.24, 2.45) is 0 Å². The summed E-state index contributed by atoms with van der Waals surface area (Å²) in [5.74, 6) is 0. The molecule has 0 bridgehead atoms. The van der Waals surface area contributed by atoms with Crippen LogP contribution in [0.15, 0.2) is 28.6 Å². The highest BCUT2D eigenvalue weighted by atomic mass is 32.2. The Morgan fingerprint density at radius 1 is 1.30 bits per heavy atom. The number of sulfone groups is 1. The van der Waals surface area contributed by atoms with Gasteiger partial charge in [0.1, 0.15) is 0 Å². The van der Waals surface area contributed by atoms with E-state index in [1.54, 1.807) is 23.5 Å². The van der Waals surface area contributed by atoms with Crippen molar-refractivity contribution in [3.63, 3.8) is 0 Å². The number of aryl methyl sites for hydroxylation is 2. The topological polar surface area (TPSA) is 59.1 Å². The normalized spacial score (nSPS) is 13.2. The van der Waals surface area contributed by atoms with Crippen LogP contribution in [0.5, 0.6) is 0 Å². The summed E-state index contributed by atoms with van der Waals surface area (Å²) in [5.41, 5.74) is 4.69. The minimum Gasteiger partial charge on any atom is -0.377 e. The zero-order valence-corrected chi connectivity index (χ0v) is 13.6. The molecule has 108 valence electrons. The third kappa shape index (κ3) is 3.19. The smallest absolute Gasteiger partial charge is 0.175 e. The Kier molecular flexibility index (Phi) is 4.15. The second-order valence-electron chi connectivity index (χ2n) is 4.92. The lowest BCUT2D eigenvalue weighted by molar-refractivity contribution is 0.602. The van der Waals surface area contributed by atoms with Crippen molar-refractivity contribution in [2.45, 2.75) is 31.7 Å². The van der Waals surface area contributed by atoms with Crippen molar-refractivity contribution < 1.29 is 8.42 Å². The number of benzene rings is 1. The molecule has 0 aliphatic rings. The van der Waals surface area contributed by atoms with Crippen molar-refractivity contribution in [2.75, 3.05) is 11.6 Å². The van der Waals surface area contributed by atoms with E-state index in [1.807, 2.05) is 32.3 Å². The van der Waals surface area contributed by atoms with Crippen molar-refractivity contribution in [3.8, 4) is 0 Å². The average molecular weight is 310 g/mol. The SMILES string of the molecule is Cc1ccc(S(C)(=O)=O)cc1NC(C)c1scnc1C. The van der Waals surface area contributed by atoms with E-state index < -0.39 is 9.84 Å². The minimum atomic E-state index is -3.19. The predicted molar refractivity (Wildman–Crippen MR) is 83.2 cm³/mol. The second-order valence-corrected chi connectivity index (χ2v) is 7.82. The fourth-order valence-electron chi connectivity index (χ4n) is 2.01. The highest BCUT2D eigenvalue weighted by Crippen LogP contribution is 2.28. The molecule has 4 nitrogen and oxygen atoms in total. The maximum atomic E-state index is 11.6. The Balaban J connectivity index is 2.32. The molecule has 6 heteroatoms. The minimum absolute atomic E-state index is 0.0935. The lowest BCUT2D eigenvalue weighted by Gasteiger charge is -2.17. The van der Waals surface area contributed by atoms with Crippen LogP contribution >= 0.6 is 11.3 Å². The van der Waals surface area contributed by atoms with Gasteiger partial charge in [-0.2, -0.15) is 0 Å². The Morgan fingerprint density at radius 2 is 2.00 bits per heavy atom. The summed E-state index contributed by atoms with van der Waals surface area (Å²) in [6.45, 7) is 5.98. The van der Waals surface area contributed by atoms with Gasteiger partial charge in [-0.3, -0.25) is 0 Å². The van der Waals surface area contributed by atoms with E-state index >= 15 is 0 Å². The number of thiazole rings is 1. The zero-order valence-electron chi connectivity index (χ0n) is 12.0. The molecule has 1 aromatic heterocycles. The van der Waals surface area contributed by atoms with E-state index in [1.165, 1.54) is 6.26 Å². The molecule has 0 aliphatic carbocycles. The molecule has 0 saturated carbocycles. The van der Waals surface area contributed by atoms with Crippen molar-refractivity contribution >= 4 is 26.9 Å². The zero-order chi connectivity index (χ0) is 14.9. The fraction of sp³-hybridized carbons (Fsp3) is 0.357. The maximum Gasteiger partial charge on any atom is 0.175 e. The first-order valence-electron chi connectivity index (χ1n) is 6.26. The number of anilines is 1. The molecule has 0 saturated heterocycles. The van der Waals surface area contributed by atoms with E-state index in [-0.39, 0.29) is 6.04 Å². The first-order chi connectivity index (χ1) is 9.29. The average Bonchev–Trinajstić information content (AvgIpc) is 2.77. The lowest BCUT2D eigenvalue weighted by Crippen LogP contribution is -2.08. The van der Waals surface area contributed by atoms with Crippen molar-refractivity contribution in [3.05, 3.63) is 39.8 Å². The Bertz CT molecular complexity index is 721. The summed E-state index contributed by atoms with van der Waals surface area (Å²) in [6, 6.07) is 5.25. The predicted octanol–water partition coefficient (Wildman–Crippen LogP) is 3.34.